The highest BCUT2D eigenvalue weighted by Gasteiger charge is 2.29. The highest BCUT2D eigenvalue weighted by atomic mass is 32.2. The van der Waals surface area contributed by atoms with Gasteiger partial charge in [-0.05, 0) is 67.1 Å². The number of sulfonamides is 1. The normalized spacial score (nSPS) is 21.0. The van der Waals surface area contributed by atoms with Gasteiger partial charge in [-0.1, -0.05) is 19.1 Å². The van der Waals surface area contributed by atoms with Crippen LogP contribution in [0.2, 0.25) is 0 Å². The molecule has 0 bridgehead atoms. The van der Waals surface area contributed by atoms with Crippen LogP contribution < -0.4 is 0 Å². The first kappa shape index (κ1) is 23.9. The van der Waals surface area contributed by atoms with Gasteiger partial charge in [0.05, 0.1) is 4.90 Å². The van der Waals surface area contributed by atoms with Crippen LogP contribution in [-0.4, -0.2) is 67.7 Å². The number of amides is 1. The lowest BCUT2D eigenvalue weighted by Gasteiger charge is -2.30. The molecule has 178 valence electrons. The number of halogens is 1. The maximum absolute atomic E-state index is 13.1. The van der Waals surface area contributed by atoms with Gasteiger partial charge in [-0.25, -0.2) is 12.8 Å². The predicted molar refractivity (Wildman–Crippen MR) is 126 cm³/mol. The Kier molecular flexibility index (Phi) is 7.46. The molecule has 0 aliphatic carbocycles. The molecule has 0 aromatic heterocycles. The van der Waals surface area contributed by atoms with Crippen LogP contribution in [0, 0.1) is 11.7 Å². The highest BCUT2D eigenvalue weighted by molar-refractivity contribution is 7.89. The zero-order valence-corrected chi connectivity index (χ0v) is 19.9. The third-order valence-corrected chi connectivity index (χ3v) is 8.43. The highest BCUT2D eigenvalue weighted by Crippen LogP contribution is 2.24. The van der Waals surface area contributed by atoms with E-state index in [2.05, 4.69) is 11.8 Å². The molecule has 1 atom stereocenters. The van der Waals surface area contributed by atoms with Gasteiger partial charge in [0.1, 0.15) is 5.82 Å². The van der Waals surface area contributed by atoms with Crippen LogP contribution in [0.3, 0.4) is 0 Å². The summed E-state index contributed by atoms with van der Waals surface area (Å²) in [5.41, 5.74) is 1.56. The zero-order chi connectivity index (χ0) is 23.4. The summed E-state index contributed by atoms with van der Waals surface area (Å²) in [6.07, 6.45) is 2.78. The third kappa shape index (κ3) is 5.80. The number of hydrogen-bond donors (Lipinski definition) is 0. The number of carbonyl (C=O) groups is 1. The zero-order valence-electron chi connectivity index (χ0n) is 19.1. The van der Waals surface area contributed by atoms with Gasteiger partial charge in [-0.3, -0.25) is 9.69 Å². The van der Waals surface area contributed by atoms with E-state index in [1.807, 2.05) is 4.90 Å². The van der Waals surface area contributed by atoms with Gasteiger partial charge < -0.3 is 4.90 Å². The Morgan fingerprint density at radius 1 is 0.939 bits per heavy atom. The second-order valence-electron chi connectivity index (χ2n) is 9.18. The van der Waals surface area contributed by atoms with E-state index in [1.54, 1.807) is 40.7 Å². The van der Waals surface area contributed by atoms with E-state index in [-0.39, 0.29) is 16.6 Å². The van der Waals surface area contributed by atoms with Crippen LogP contribution in [-0.2, 0) is 16.6 Å². The molecule has 0 unspecified atom stereocenters. The maximum Gasteiger partial charge on any atom is 0.253 e. The Morgan fingerprint density at radius 3 is 2.36 bits per heavy atom. The quantitative estimate of drug-likeness (QED) is 0.666. The average molecular weight is 474 g/mol. The van der Waals surface area contributed by atoms with Crippen LogP contribution >= 0.6 is 0 Å². The molecular formula is C25H32FN3O3S. The van der Waals surface area contributed by atoms with E-state index in [0.717, 1.165) is 44.5 Å². The van der Waals surface area contributed by atoms with Gasteiger partial charge in [-0.2, -0.15) is 4.31 Å². The average Bonchev–Trinajstić information content (AvgIpc) is 3.06. The fourth-order valence-electron chi connectivity index (χ4n) is 4.65. The molecule has 2 aromatic rings. The van der Waals surface area contributed by atoms with Crippen molar-refractivity contribution in [2.24, 2.45) is 5.92 Å². The first-order valence-corrected chi connectivity index (χ1v) is 13.1. The van der Waals surface area contributed by atoms with Gasteiger partial charge in [-0.15, -0.1) is 0 Å². The lowest BCUT2D eigenvalue weighted by molar-refractivity contribution is 0.0761. The van der Waals surface area contributed by atoms with E-state index >= 15 is 0 Å². The van der Waals surface area contributed by atoms with Gasteiger partial charge >= 0.3 is 0 Å². The molecule has 1 amide bonds. The number of hydrogen-bond acceptors (Lipinski definition) is 4. The molecule has 2 aromatic carbocycles. The SMILES string of the molecule is C[C@@H]1CCCN(S(=O)(=O)c2ccc(C(=O)N3CCCN(Cc4ccc(F)cc4)CC3)cc2)C1. The molecule has 0 saturated carbocycles. The van der Waals surface area contributed by atoms with Crippen molar-refractivity contribution < 1.29 is 17.6 Å². The Balaban J connectivity index is 1.37. The molecule has 4 rings (SSSR count). The third-order valence-electron chi connectivity index (χ3n) is 6.55. The summed E-state index contributed by atoms with van der Waals surface area (Å²) in [6, 6.07) is 12.9. The van der Waals surface area contributed by atoms with Crippen molar-refractivity contribution in [3.8, 4) is 0 Å². The molecule has 0 N–H and O–H groups in total. The van der Waals surface area contributed by atoms with Gasteiger partial charge in [0.25, 0.3) is 5.91 Å². The minimum atomic E-state index is -3.53. The number of nitrogens with zero attached hydrogens (tertiary/aromatic N) is 3. The van der Waals surface area contributed by atoms with Crippen LogP contribution in [0.5, 0.6) is 0 Å². The first-order chi connectivity index (χ1) is 15.8. The van der Waals surface area contributed by atoms with E-state index in [4.69, 9.17) is 0 Å². The van der Waals surface area contributed by atoms with Crippen LogP contribution in [0.15, 0.2) is 53.4 Å². The summed E-state index contributed by atoms with van der Waals surface area (Å²) in [6.45, 7) is 6.77. The van der Waals surface area contributed by atoms with Crippen molar-refractivity contribution in [3.05, 3.63) is 65.5 Å². The van der Waals surface area contributed by atoms with Crippen molar-refractivity contribution >= 4 is 15.9 Å². The van der Waals surface area contributed by atoms with E-state index in [0.29, 0.717) is 37.7 Å². The predicted octanol–water partition coefficient (Wildman–Crippen LogP) is 3.59. The fraction of sp³-hybridized carbons (Fsp3) is 0.480. The second kappa shape index (κ2) is 10.3. The summed E-state index contributed by atoms with van der Waals surface area (Å²) >= 11 is 0. The molecule has 0 spiro atoms. The van der Waals surface area contributed by atoms with Gasteiger partial charge in [0.2, 0.25) is 10.0 Å². The standard InChI is InChI=1S/C25H32FN3O3S/c1-20-4-2-15-29(18-20)33(31,32)24-11-7-22(8-12-24)25(30)28-14-3-13-27(16-17-28)19-21-5-9-23(26)10-6-21/h5-12,20H,2-4,13-19H2,1H3/t20-/m1/s1. The molecule has 2 fully saturated rings. The summed E-state index contributed by atoms with van der Waals surface area (Å²) in [5.74, 6) is 0.0462. The number of piperidine rings is 1. The number of carbonyl (C=O) groups excluding carboxylic acids is 1. The fourth-order valence-corrected chi connectivity index (χ4v) is 6.24. The molecule has 33 heavy (non-hydrogen) atoms. The minimum Gasteiger partial charge on any atom is -0.337 e. The minimum absolute atomic E-state index is 0.0748. The van der Waals surface area contributed by atoms with Crippen molar-refractivity contribution in [3.63, 3.8) is 0 Å². The monoisotopic (exact) mass is 473 g/mol. The molecule has 2 aliphatic heterocycles. The van der Waals surface area contributed by atoms with E-state index in [1.165, 1.54) is 12.1 Å². The van der Waals surface area contributed by atoms with Crippen molar-refractivity contribution in [2.75, 3.05) is 39.3 Å². The Labute approximate surface area is 196 Å². The molecule has 2 aliphatic rings. The molecule has 6 nitrogen and oxygen atoms in total. The first-order valence-electron chi connectivity index (χ1n) is 11.7. The summed E-state index contributed by atoms with van der Waals surface area (Å²) in [7, 11) is -3.53. The van der Waals surface area contributed by atoms with Crippen molar-refractivity contribution in [2.45, 2.75) is 37.6 Å². The van der Waals surface area contributed by atoms with Crippen LogP contribution in [0.25, 0.3) is 0 Å². The summed E-state index contributed by atoms with van der Waals surface area (Å²) < 4.78 is 40.6. The molecule has 2 saturated heterocycles. The maximum atomic E-state index is 13.1. The molecule has 8 heteroatoms. The largest absolute Gasteiger partial charge is 0.337 e. The van der Waals surface area contributed by atoms with E-state index < -0.39 is 10.0 Å². The Bertz CT molecular complexity index is 1060. The number of benzene rings is 2. The smallest absolute Gasteiger partial charge is 0.253 e. The second-order valence-corrected chi connectivity index (χ2v) is 11.1. The topological polar surface area (TPSA) is 60.9 Å². The Hall–Kier alpha value is -2.29. The lowest BCUT2D eigenvalue weighted by Crippen LogP contribution is -2.39. The van der Waals surface area contributed by atoms with Crippen LogP contribution in [0.1, 0.15) is 42.1 Å². The van der Waals surface area contributed by atoms with Gasteiger partial charge in [0, 0.05) is 51.4 Å². The van der Waals surface area contributed by atoms with E-state index in [9.17, 15) is 17.6 Å². The lowest BCUT2D eigenvalue weighted by atomic mass is 10.0. The summed E-state index contributed by atoms with van der Waals surface area (Å²) in [5, 5.41) is 0. The number of rotatable bonds is 5. The molecular weight excluding hydrogens is 441 g/mol. The van der Waals surface area contributed by atoms with Crippen molar-refractivity contribution in [1.82, 2.24) is 14.1 Å². The van der Waals surface area contributed by atoms with Crippen molar-refractivity contribution in [1.29, 1.82) is 0 Å². The molecule has 2 heterocycles. The van der Waals surface area contributed by atoms with Gasteiger partial charge in [0.15, 0.2) is 0 Å². The Morgan fingerprint density at radius 2 is 1.67 bits per heavy atom. The summed E-state index contributed by atoms with van der Waals surface area (Å²) in [4.78, 5) is 17.4. The molecule has 0 radical (unpaired) electrons. The van der Waals surface area contributed by atoms with Crippen LogP contribution in [0.4, 0.5) is 4.39 Å².